The summed E-state index contributed by atoms with van der Waals surface area (Å²) in [6, 6.07) is -1.04. The van der Waals surface area contributed by atoms with Crippen molar-refractivity contribution in [1.82, 2.24) is 9.80 Å². The lowest BCUT2D eigenvalue weighted by Gasteiger charge is -2.40. The number of carboxylic acid groups (broad SMARTS) is 1. The van der Waals surface area contributed by atoms with Gasteiger partial charge in [-0.25, -0.2) is 9.59 Å². The molecule has 1 fully saturated rings. The van der Waals surface area contributed by atoms with Gasteiger partial charge in [-0.05, 0) is 25.7 Å². The van der Waals surface area contributed by atoms with Crippen LogP contribution in [0.2, 0.25) is 0 Å². The average Bonchev–Trinajstić information content (AvgIpc) is 2.28. The molecule has 20 heavy (non-hydrogen) atoms. The van der Waals surface area contributed by atoms with E-state index in [1.54, 1.807) is 32.1 Å². The van der Waals surface area contributed by atoms with Crippen LogP contribution in [-0.2, 0) is 9.36 Å². The van der Waals surface area contributed by atoms with Crippen molar-refractivity contribution < 1.29 is 19.3 Å². The molecule has 7 heteroatoms. The Kier molecular flexibility index (Phi) is 5.63. The van der Waals surface area contributed by atoms with Crippen LogP contribution in [0.5, 0.6) is 0 Å². The van der Waals surface area contributed by atoms with E-state index in [2.05, 4.69) is 0 Å². The summed E-state index contributed by atoms with van der Waals surface area (Å²) in [5, 5.41) is 9.30. The van der Waals surface area contributed by atoms with Gasteiger partial charge in [0.1, 0.15) is 6.04 Å². The highest BCUT2D eigenvalue weighted by Gasteiger charge is 2.36. The molecule has 0 aromatic heterocycles. The molecular formula is C13H25N2O4P. The van der Waals surface area contributed by atoms with E-state index in [4.69, 9.17) is 0 Å². The molecule has 1 saturated heterocycles. The van der Waals surface area contributed by atoms with E-state index in [1.165, 1.54) is 4.90 Å². The second kappa shape index (κ2) is 6.61. The van der Waals surface area contributed by atoms with Crippen LogP contribution in [0.1, 0.15) is 20.3 Å². The standard InChI is InChI=1S/C13H25N2O4P/c1-10(2)11(12(16)17)15-7-5-6-14(13(15)18)8-9-20(3,4)19/h10-11H,5-9H2,1-4H3,(H,16,17). The van der Waals surface area contributed by atoms with Gasteiger partial charge < -0.3 is 19.5 Å². The maximum Gasteiger partial charge on any atom is 0.326 e. The molecule has 0 bridgehead atoms. The molecule has 6 nitrogen and oxygen atoms in total. The van der Waals surface area contributed by atoms with Crippen LogP contribution in [0.15, 0.2) is 0 Å². The third kappa shape index (κ3) is 4.51. The van der Waals surface area contributed by atoms with Crippen LogP contribution in [0, 0.1) is 5.92 Å². The number of carbonyl (C=O) groups is 2. The summed E-state index contributed by atoms with van der Waals surface area (Å²) in [4.78, 5) is 26.8. The van der Waals surface area contributed by atoms with Crippen molar-refractivity contribution in [3.05, 3.63) is 0 Å². The Morgan fingerprint density at radius 3 is 2.40 bits per heavy atom. The molecule has 116 valence electrons. The Morgan fingerprint density at radius 1 is 1.35 bits per heavy atom. The minimum Gasteiger partial charge on any atom is -0.480 e. The third-order valence-electron chi connectivity index (χ3n) is 3.47. The number of aliphatic carboxylic acids is 1. The number of rotatable bonds is 6. The van der Waals surface area contributed by atoms with E-state index < -0.39 is 19.2 Å². The van der Waals surface area contributed by atoms with Crippen molar-refractivity contribution >= 4 is 19.1 Å². The summed E-state index contributed by atoms with van der Waals surface area (Å²) in [6.45, 7) is 8.53. The van der Waals surface area contributed by atoms with E-state index in [0.29, 0.717) is 25.8 Å². The lowest BCUT2D eigenvalue weighted by molar-refractivity contribution is -0.144. The highest BCUT2D eigenvalue weighted by atomic mass is 31.2. The van der Waals surface area contributed by atoms with Crippen LogP contribution >= 0.6 is 7.14 Å². The third-order valence-corrected chi connectivity index (χ3v) is 4.75. The van der Waals surface area contributed by atoms with E-state index in [-0.39, 0.29) is 11.9 Å². The van der Waals surface area contributed by atoms with E-state index in [0.717, 1.165) is 6.42 Å². The molecule has 0 aromatic rings. The zero-order valence-corrected chi connectivity index (χ0v) is 13.6. The molecule has 1 unspecified atom stereocenters. The predicted octanol–water partition coefficient (Wildman–Crippen LogP) is 1.85. The van der Waals surface area contributed by atoms with Crippen LogP contribution in [0.3, 0.4) is 0 Å². The van der Waals surface area contributed by atoms with Gasteiger partial charge in [-0.2, -0.15) is 0 Å². The van der Waals surface area contributed by atoms with Crippen molar-refractivity contribution in [3.8, 4) is 0 Å². The van der Waals surface area contributed by atoms with Gasteiger partial charge in [0.15, 0.2) is 0 Å². The maximum atomic E-state index is 12.4. The SMILES string of the molecule is CC(C)C(C(=O)O)N1CCCN(CCP(C)(C)=O)C1=O. The lowest BCUT2D eigenvalue weighted by atomic mass is 10.0. The molecule has 1 atom stereocenters. The van der Waals surface area contributed by atoms with Gasteiger partial charge in [0, 0.05) is 25.8 Å². The van der Waals surface area contributed by atoms with Crippen molar-refractivity contribution in [2.75, 3.05) is 39.1 Å². The second-order valence-electron chi connectivity index (χ2n) is 6.14. The number of carbonyl (C=O) groups excluding carboxylic acids is 1. The molecule has 1 aliphatic rings. The molecular weight excluding hydrogens is 279 g/mol. The maximum absolute atomic E-state index is 12.4. The van der Waals surface area contributed by atoms with E-state index in [9.17, 15) is 19.3 Å². The van der Waals surface area contributed by atoms with Crippen LogP contribution in [0.25, 0.3) is 0 Å². The van der Waals surface area contributed by atoms with Gasteiger partial charge in [0.2, 0.25) is 0 Å². The molecule has 0 aliphatic carbocycles. The number of urea groups is 1. The molecule has 0 saturated carbocycles. The largest absolute Gasteiger partial charge is 0.480 e. The fourth-order valence-corrected chi connectivity index (χ4v) is 3.13. The smallest absolute Gasteiger partial charge is 0.326 e. The molecule has 0 aromatic carbocycles. The molecule has 1 heterocycles. The molecule has 1 rings (SSSR count). The van der Waals surface area contributed by atoms with Gasteiger partial charge in [-0.1, -0.05) is 13.8 Å². The Bertz CT molecular complexity index is 419. The topological polar surface area (TPSA) is 77.9 Å². The Morgan fingerprint density at radius 2 is 1.95 bits per heavy atom. The first-order valence-electron chi connectivity index (χ1n) is 6.96. The fraction of sp³-hybridized carbons (Fsp3) is 0.846. The monoisotopic (exact) mass is 304 g/mol. The van der Waals surface area contributed by atoms with Crippen molar-refractivity contribution in [1.29, 1.82) is 0 Å². The Hall–Kier alpha value is -1.03. The first kappa shape index (κ1) is 17.0. The van der Waals surface area contributed by atoms with Crippen molar-refractivity contribution in [2.24, 2.45) is 5.92 Å². The summed E-state index contributed by atoms with van der Waals surface area (Å²) in [5.74, 6) is -1.10. The summed E-state index contributed by atoms with van der Waals surface area (Å²) in [7, 11) is -2.17. The Balaban J connectivity index is 2.77. The summed E-state index contributed by atoms with van der Waals surface area (Å²) >= 11 is 0. The zero-order chi connectivity index (χ0) is 15.5. The van der Waals surface area contributed by atoms with Gasteiger partial charge in [-0.3, -0.25) is 0 Å². The molecule has 2 amide bonds. The lowest BCUT2D eigenvalue weighted by Crippen LogP contribution is -2.57. The summed E-state index contributed by atoms with van der Waals surface area (Å²) in [5.41, 5.74) is 0. The van der Waals surface area contributed by atoms with Crippen LogP contribution in [-0.4, -0.2) is 72.1 Å². The molecule has 1 aliphatic heterocycles. The first-order valence-corrected chi connectivity index (χ1v) is 9.74. The summed E-state index contributed by atoms with van der Waals surface area (Å²) < 4.78 is 11.8. The number of hydrogen-bond donors (Lipinski definition) is 1. The van der Waals surface area contributed by atoms with Crippen molar-refractivity contribution in [2.45, 2.75) is 26.3 Å². The quantitative estimate of drug-likeness (QED) is 0.760. The normalized spacial score (nSPS) is 18.6. The van der Waals surface area contributed by atoms with Gasteiger partial charge in [0.05, 0.1) is 7.14 Å². The highest BCUT2D eigenvalue weighted by Crippen LogP contribution is 2.35. The van der Waals surface area contributed by atoms with Gasteiger partial charge >= 0.3 is 12.0 Å². The molecule has 1 N–H and O–H groups in total. The minimum atomic E-state index is -2.17. The second-order valence-corrected chi connectivity index (χ2v) is 9.74. The minimum absolute atomic E-state index is 0.139. The summed E-state index contributed by atoms with van der Waals surface area (Å²) in [6.07, 6.45) is 1.23. The Labute approximate surface area is 120 Å². The van der Waals surface area contributed by atoms with E-state index >= 15 is 0 Å². The van der Waals surface area contributed by atoms with Crippen LogP contribution in [0.4, 0.5) is 4.79 Å². The number of hydrogen-bond acceptors (Lipinski definition) is 3. The van der Waals surface area contributed by atoms with Gasteiger partial charge in [-0.15, -0.1) is 0 Å². The number of carboxylic acids is 1. The zero-order valence-electron chi connectivity index (χ0n) is 12.7. The molecule has 0 radical (unpaired) electrons. The fourth-order valence-electron chi connectivity index (χ4n) is 2.41. The highest BCUT2D eigenvalue weighted by molar-refractivity contribution is 7.62. The van der Waals surface area contributed by atoms with E-state index in [1.807, 2.05) is 0 Å². The number of amides is 2. The van der Waals surface area contributed by atoms with Crippen LogP contribution < -0.4 is 0 Å². The van der Waals surface area contributed by atoms with Gasteiger partial charge in [0.25, 0.3) is 0 Å². The number of nitrogens with zero attached hydrogens (tertiary/aromatic N) is 2. The molecule has 0 spiro atoms. The predicted molar refractivity (Wildman–Crippen MR) is 78.9 cm³/mol. The van der Waals surface area contributed by atoms with Crippen molar-refractivity contribution in [3.63, 3.8) is 0 Å². The average molecular weight is 304 g/mol. The first-order chi connectivity index (χ1) is 9.13.